The van der Waals surface area contributed by atoms with Crippen molar-refractivity contribution in [2.75, 3.05) is 0 Å². The van der Waals surface area contributed by atoms with Crippen molar-refractivity contribution in [3.63, 3.8) is 0 Å². The Hall–Kier alpha value is -2.51. The van der Waals surface area contributed by atoms with Gasteiger partial charge in [-0.05, 0) is 24.6 Å². The number of carbonyl (C=O) groups is 1. The molecule has 0 saturated heterocycles. The minimum atomic E-state index is -0.251. The van der Waals surface area contributed by atoms with Crippen molar-refractivity contribution in [1.82, 2.24) is 15.1 Å². The molecular formula is C20H16BrN3O2S. The molecule has 1 amide bonds. The largest absolute Gasteiger partial charge is 0.350 e. The highest BCUT2D eigenvalue weighted by molar-refractivity contribution is 9.10. The molecule has 0 fully saturated rings. The third-order valence-electron chi connectivity index (χ3n) is 4.37. The predicted molar refractivity (Wildman–Crippen MR) is 112 cm³/mol. The second-order valence-corrected chi connectivity index (χ2v) is 8.13. The summed E-state index contributed by atoms with van der Waals surface area (Å²) in [6.45, 7) is 2.15. The minimum Gasteiger partial charge on any atom is -0.350 e. The fraction of sp³-hybridized carbons (Fsp3) is 0.150. The van der Waals surface area contributed by atoms with E-state index >= 15 is 0 Å². The molecular weight excluding hydrogens is 426 g/mol. The van der Waals surface area contributed by atoms with E-state index in [2.05, 4.69) is 26.3 Å². The molecule has 0 bridgehead atoms. The van der Waals surface area contributed by atoms with E-state index in [1.165, 1.54) is 4.68 Å². The number of amides is 1. The first-order valence-corrected chi connectivity index (χ1v) is 10.0. The van der Waals surface area contributed by atoms with Gasteiger partial charge in [-0.15, -0.1) is 11.3 Å². The molecule has 2 heterocycles. The van der Waals surface area contributed by atoms with Gasteiger partial charge in [-0.2, -0.15) is 5.10 Å². The van der Waals surface area contributed by atoms with Crippen LogP contribution in [0.3, 0.4) is 0 Å². The number of carbonyl (C=O) groups excluding carboxylic acids is 1. The van der Waals surface area contributed by atoms with Gasteiger partial charge in [0.05, 0.1) is 15.8 Å². The maximum atomic E-state index is 12.9. The number of halogens is 1. The van der Waals surface area contributed by atoms with Gasteiger partial charge >= 0.3 is 0 Å². The highest BCUT2D eigenvalue weighted by Crippen LogP contribution is 2.32. The van der Waals surface area contributed by atoms with E-state index in [0.717, 1.165) is 30.5 Å². The molecule has 0 aliphatic heterocycles. The average molecular weight is 442 g/mol. The topological polar surface area (TPSA) is 64.0 Å². The summed E-state index contributed by atoms with van der Waals surface area (Å²) in [7, 11) is 0. The molecule has 1 N–H and O–H groups in total. The van der Waals surface area contributed by atoms with Gasteiger partial charge in [0.25, 0.3) is 5.56 Å². The smallest absolute Gasteiger partial charge is 0.276 e. The second kappa shape index (κ2) is 7.25. The molecule has 0 radical (unpaired) electrons. The number of hydrogen-bond donors (Lipinski definition) is 1. The van der Waals surface area contributed by atoms with Crippen molar-refractivity contribution in [2.45, 2.75) is 20.0 Å². The van der Waals surface area contributed by atoms with Crippen molar-refractivity contribution >= 4 is 53.3 Å². The molecule has 0 spiro atoms. The van der Waals surface area contributed by atoms with Gasteiger partial charge in [-0.3, -0.25) is 9.59 Å². The molecule has 4 aromatic rings. The Balaban J connectivity index is 1.63. The molecule has 0 saturated carbocycles. The molecule has 5 nitrogen and oxygen atoms in total. The maximum absolute atomic E-state index is 12.9. The number of rotatable bonds is 4. The minimum absolute atomic E-state index is 0.107. The zero-order chi connectivity index (χ0) is 19.0. The monoisotopic (exact) mass is 441 g/mol. The first-order valence-electron chi connectivity index (χ1n) is 8.43. The molecule has 136 valence electrons. The van der Waals surface area contributed by atoms with Crippen LogP contribution in [0, 0.1) is 6.92 Å². The fourth-order valence-electron chi connectivity index (χ4n) is 3.05. The standard InChI is InChI=1S/C20H16BrN3O2S/c1-12-19-18(14-7-3-5-9-16(14)27-19)20(26)24(23-12)11-17(25)22-10-13-6-2-4-8-15(13)21/h2-9H,10-11H2,1H3,(H,22,25). The van der Waals surface area contributed by atoms with Gasteiger partial charge in [0.15, 0.2) is 0 Å². The number of nitrogens with zero attached hydrogens (tertiary/aromatic N) is 2. The van der Waals surface area contributed by atoms with Crippen molar-refractivity contribution in [2.24, 2.45) is 0 Å². The Kier molecular flexibility index (Phi) is 4.80. The lowest BCUT2D eigenvalue weighted by molar-refractivity contribution is -0.122. The van der Waals surface area contributed by atoms with Crippen LogP contribution in [0.5, 0.6) is 0 Å². The van der Waals surface area contributed by atoms with Crippen LogP contribution in [0.25, 0.3) is 20.2 Å². The van der Waals surface area contributed by atoms with E-state index in [1.54, 1.807) is 11.3 Å². The maximum Gasteiger partial charge on any atom is 0.276 e. The SMILES string of the molecule is Cc1nn(CC(=O)NCc2ccccc2Br)c(=O)c2c1sc1ccccc12. The van der Waals surface area contributed by atoms with Crippen molar-refractivity contribution in [3.05, 3.63) is 74.6 Å². The van der Waals surface area contributed by atoms with E-state index in [9.17, 15) is 9.59 Å². The molecule has 4 rings (SSSR count). The molecule has 2 aromatic heterocycles. The van der Waals surface area contributed by atoms with Gasteiger partial charge in [0.2, 0.25) is 5.91 Å². The number of hydrogen-bond acceptors (Lipinski definition) is 4. The first-order chi connectivity index (χ1) is 13.0. The third-order valence-corrected chi connectivity index (χ3v) is 6.42. The Labute approximate surface area is 167 Å². The lowest BCUT2D eigenvalue weighted by atomic mass is 10.2. The van der Waals surface area contributed by atoms with Crippen molar-refractivity contribution in [3.8, 4) is 0 Å². The highest BCUT2D eigenvalue weighted by Gasteiger charge is 2.16. The summed E-state index contributed by atoms with van der Waals surface area (Å²) in [6.07, 6.45) is 0. The summed E-state index contributed by atoms with van der Waals surface area (Å²) < 4.78 is 4.12. The molecule has 0 atom stereocenters. The van der Waals surface area contributed by atoms with Gasteiger partial charge < -0.3 is 5.32 Å². The normalized spacial score (nSPS) is 11.2. The molecule has 27 heavy (non-hydrogen) atoms. The molecule has 0 aliphatic carbocycles. The number of thiophene rings is 1. The predicted octanol–water partition coefficient (Wildman–Crippen LogP) is 4.00. The summed E-state index contributed by atoms with van der Waals surface area (Å²) in [6, 6.07) is 15.5. The lowest BCUT2D eigenvalue weighted by Crippen LogP contribution is -2.33. The zero-order valence-corrected chi connectivity index (χ0v) is 16.9. The number of fused-ring (bicyclic) bond motifs is 3. The van der Waals surface area contributed by atoms with Gasteiger partial charge in [-0.1, -0.05) is 52.3 Å². The Morgan fingerprint density at radius 1 is 1.19 bits per heavy atom. The van der Waals surface area contributed by atoms with Crippen LogP contribution >= 0.6 is 27.3 Å². The second-order valence-electron chi connectivity index (χ2n) is 6.22. The quantitative estimate of drug-likeness (QED) is 0.520. The van der Waals surface area contributed by atoms with Gasteiger partial charge in [-0.25, -0.2) is 4.68 Å². The summed E-state index contributed by atoms with van der Waals surface area (Å²) in [5, 5.41) is 8.75. The Bertz CT molecular complexity index is 1230. The van der Waals surface area contributed by atoms with Gasteiger partial charge in [0, 0.05) is 21.1 Å². The number of aromatic nitrogens is 2. The molecule has 0 aliphatic rings. The average Bonchev–Trinajstić information content (AvgIpc) is 3.06. The van der Waals surface area contributed by atoms with E-state index in [0.29, 0.717) is 11.9 Å². The summed E-state index contributed by atoms with van der Waals surface area (Å²) in [5.41, 5.74) is 1.50. The number of benzene rings is 2. The Morgan fingerprint density at radius 3 is 2.74 bits per heavy atom. The molecule has 7 heteroatoms. The van der Waals surface area contributed by atoms with Crippen LogP contribution < -0.4 is 10.9 Å². The van der Waals surface area contributed by atoms with Crippen LogP contribution in [-0.4, -0.2) is 15.7 Å². The summed E-state index contributed by atoms with van der Waals surface area (Å²) >= 11 is 5.02. The highest BCUT2D eigenvalue weighted by atomic mass is 79.9. The van der Waals surface area contributed by atoms with Crippen LogP contribution in [0.15, 0.2) is 57.8 Å². The van der Waals surface area contributed by atoms with E-state index in [4.69, 9.17) is 0 Å². The fourth-order valence-corrected chi connectivity index (χ4v) is 4.61. The van der Waals surface area contributed by atoms with E-state index < -0.39 is 0 Å². The molecule has 2 aromatic carbocycles. The number of nitrogens with one attached hydrogen (secondary N) is 1. The summed E-state index contributed by atoms with van der Waals surface area (Å²) in [4.78, 5) is 25.3. The zero-order valence-electron chi connectivity index (χ0n) is 14.5. The van der Waals surface area contributed by atoms with Crippen LogP contribution in [0.2, 0.25) is 0 Å². The van der Waals surface area contributed by atoms with E-state index in [1.807, 2.05) is 55.5 Å². The molecule has 0 unspecified atom stereocenters. The first kappa shape index (κ1) is 17.9. The van der Waals surface area contributed by atoms with E-state index in [-0.39, 0.29) is 18.0 Å². The van der Waals surface area contributed by atoms with Crippen molar-refractivity contribution < 1.29 is 4.79 Å². The third kappa shape index (κ3) is 3.40. The lowest BCUT2D eigenvalue weighted by Gasteiger charge is -2.09. The van der Waals surface area contributed by atoms with Crippen molar-refractivity contribution in [1.29, 1.82) is 0 Å². The Morgan fingerprint density at radius 2 is 1.93 bits per heavy atom. The van der Waals surface area contributed by atoms with Crippen LogP contribution in [0.4, 0.5) is 0 Å². The number of aryl methyl sites for hydroxylation is 1. The van der Waals surface area contributed by atoms with Crippen LogP contribution in [0.1, 0.15) is 11.3 Å². The van der Waals surface area contributed by atoms with Crippen LogP contribution in [-0.2, 0) is 17.9 Å². The summed E-state index contributed by atoms with van der Waals surface area (Å²) in [5.74, 6) is -0.251. The van der Waals surface area contributed by atoms with Gasteiger partial charge in [0.1, 0.15) is 6.54 Å².